The van der Waals surface area contributed by atoms with Gasteiger partial charge in [-0.25, -0.2) is 4.99 Å². The molecule has 1 aromatic heterocycles. The lowest BCUT2D eigenvalue weighted by Crippen LogP contribution is -2.14. The highest BCUT2D eigenvalue weighted by atomic mass is 32.1. The van der Waals surface area contributed by atoms with Crippen LogP contribution in [0, 0.1) is 0 Å². The molecule has 0 aliphatic heterocycles. The van der Waals surface area contributed by atoms with Crippen molar-refractivity contribution in [2.75, 3.05) is 14.2 Å². The van der Waals surface area contributed by atoms with E-state index in [4.69, 9.17) is 15.2 Å². The Hall–Kier alpha value is -2.34. The van der Waals surface area contributed by atoms with E-state index in [1.807, 2.05) is 18.2 Å². The molecule has 6 heteroatoms. The number of methoxy groups -OCH3 is 2. The minimum absolute atomic E-state index is 0.404. The molecular formula is C18H20N2O3S. The largest absolute Gasteiger partial charge is 0.497 e. The van der Waals surface area contributed by atoms with E-state index in [0.717, 1.165) is 42.6 Å². The molecule has 0 fully saturated rings. The lowest BCUT2D eigenvalue weighted by molar-refractivity contribution is 0.100. The molecule has 1 aromatic carbocycles. The average molecular weight is 344 g/mol. The number of carbonyl (C=O) groups excluding carboxylic acids is 1. The van der Waals surface area contributed by atoms with E-state index < -0.39 is 5.91 Å². The summed E-state index contributed by atoms with van der Waals surface area (Å²) in [6, 6.07) is 5.50. The first kappa shape index (κ1) is 16.5. The Morgan fingerprint density at radius 2 is 2.04 bits per heavy atom. The van der Waals surface area contributed by atoms with Gasteiger partial charge in [0, 0.05) is 16.7 Å². The van der Waals surface area contributed by atoms with Gasteiger partial charge >= 0.3 is 0 Å². The molecule has 1 amide bonds. The van der Waals surface area contributed by atoms with E-state index >= 15 is 0 Å². The number of benzene rings is 1. The highest BCUT2D eigenvalue weighted by molar-refractivity contribution is 7.16. The van der Waals surface area contributed by atoms with Crippen LogP contribution in [0.3, 0.4) is 0 Å². The number of hydrogen-bond donors (Lipinski definition) is 1. The smallest absolute Gasteiger partial charge is 0.252 e. The van der Waals surface area contributed by atoms with Crippen LogP contribution in [-0.2, 0) is 12.8 Å². The van der Waals surface area contributed by atoms with Gasteiger partial charge in [-0.2, -0.15) is 0 Å². The van der Waals surface area contributed by atoms with Crippen LogP contribution in [0.2, 0.25) is 0 Å². The molecule has 5 nitrogen and oxygen atoms in total. The van der Waals surface area contributed by atoms with Crippen molar-refractivity contribution >= 4 is 28.5 Å². The van der Waals surface area contributed by atoms with Crippen molar-refractivity contribution in [2.45, 2.75) is 25.7 Å². The fourth-order valence-electron chi connectivity index (χ4n) is 2.96. The van der Waals surface area contributed by atoms with Crippen LogP contribution >= 0.6 is 11.3 Å². The van der Waals surface area contributed by atoms with Gasteiger partial charge in [0.15, 0.2) is 0 Å². The number of aliphatic imine (C=N–C) groups is 1. The SMILES string of the molecule is COc1ccc(OC)c(C=Nc2sc3c(c2C(N)=O)CCCC3)c1. The van der Waals surface area contributed by atoms with Crippen LogP contribution in [0.1, 0.15) is 39.2 Å². The number of carbonyl (C=O) groups is 1. The maximum atomic E-state index is 11.9. The Morgan fingerprint density at radius 3 is 2.75 bits per heavy atom. The number of amides is 1. The maximum Gasteiger partial charge on any atom is 0.252 e. The monoisotopic (exact) mass is 344 g/mol. The van der Waals surface area contributed by atoms with E-state index in [1.165, 1.54) is 4.88 Å². The van der Waals surface area contributed by atoms with Crippen LogP contribution < -0.4 is 15.2 Å². The minimum atomic E-state index is -0.404. The molecule has 0 atom stereocenters. The van der Waals surface area contributed by atoms with Crippen molar-refractivity contribution in [3.05, 3.63) is 39.8 Å². The molecular weight excluding hydrogens is 324 g/mol. The number of ether oxygens (including phenoxy) is 2. The van der Waals surface area contributed by atoms with Gasteiger partial charge in [-0.05, 0) is 49.4 Å². The zero-order valence-corrected chi connectivity index (χ0v) is 14.6. The number of fused-ring (bicyclic) bond motifs is 1. The van der Waals surface area contributed by atoms with Crippen molar-refractivity contribution in [3.8, 4) is 11.5 Å². The molecule has 0 spiro atoms. The van der Waals surface area contributed by atoms with Gasteiger partial charge < -0.3 is 15.2 Å². The molecule has 2 N–H and O–H groups in total. The number of thiophene rings is 1. The third kappa shape index (κ3) is 3.14. The van der Waals surface area contributed by atoms with E-state index in [-0.39, 0.29) is 0 Å². The predicted molar refractivity (Wildman–Crippen MR) is 96.3 cm³/mol. The molecule has 0 saturated heterocycles. The average Bonchev–Trinajstić information content (AvgIpc) is 2.98. The number of rotatable bonds is 5. The van der Waals surface area contributed by atoms with Crippen LogP contribution in [0.15, 0.2) is 23.2 Å². The lowest BCUT2D eigenvalue weighted by atomic mass is 9.95. The summed E-state index contributed by atoms with van der Waals surface area (Å²) in [6.45, 7) is 0. The Kier molecular flexibility index (Phi) is 4.85. The Labute approximate surface area is 145 Å². The van der Waals surface area contributed by atoms with Gasteiger partial charge in [0.25, 0.3) is 5.91 Å². The van der Waals surface area contributed by atoms with Crippen LogP contribution in [0.4, 0.5) is 5.00 Å². The summed E-state index contributed by atoms with van der Waals surface area (Å²) in [7, 11) is 3.22. The first-order valence-electron chi connectivity index (χ1n) is 7.84. The van der Waals surface area contributed by atoms with Crippen LogP contribution in [0.25, 0.3) is 0 Å². The number of nitrogens with zero attached hydrogens (tertiary/aromatic N) is 1. The van der Waals surface area contributed by atoms with Gasteiger partial charge in [0.2, 0.25) is 0 Å². The van der Waals surface area contributed by atoms with Gasteiger partial charge in [-0.3, -0.25) is 4.79 Å². The summed E-state index contributed by atoms with van der Waals surface area (Å²) in [5, 5.41) is 0.680. The first-order chi connectivity index (χ1) is 11.6. The molecule has 1 aliphatic carbocycles. The van der Waals surface area contributed by atoms with E-state index in [1.54, 1.807) is 31.8 Å². The molecule has 3 rings (SSSR count). The van der Waals surface area contributed by atoms with Crippen molar-refractivity contribution in [2.24, 2.45) is 10.7 Å². The van der Waals surface area contributed by atoms with Crippen molar-refractivity contribution in [1.82, 2.24) is 0 Å². The Bertz CT molecular complexity index is 796. The second-order valence-corrected chi connectivity index (χ2v) is 6.71. The van der Waals surface area contributed by atoms with Crippen LogP contribution in [-0.4, -0.2) is 26.3 Å². The third-order valence-corrected chi connectivity index (χ3v) is 5.36. The predicted octanol–water partition coefficient (Wildman–Crippen LogP) is 3.49. The zero-order chi connectivity index (χ0) is 17.1. The summed E-state index contributed by atoms with van der Waals surface area (Å²) in [5.41, 5.74) is 8.06. The molecule has 24 heavy (non-hydrogen) atoms. The molecule has 0 radical (unpaired) electrons. The van der Waals surface area contributed by atoms with Gasteiger partial charge in [0.05, 0.1) is 19.8 Å². The molecule has 0 bridgehead atoms. The Balaban J connectivity index is 2.01. The van der Waals surface area contributed by atoms with Crippen molar-refractivity contribution in [3.63, 3.8) is 0 Å². The Morgan fingerprint density at radius 1 is 1.25 bits per heavy atom. The normalized spacial score (nSPS) is 13.8. The van der Waals surface area contributed by atoms with Gasteiger partial charge in [-0.1, -0.05) is 0 Å². The highest BCUT2D eigenvalue weighted by Crippen LogP contribution is 2.39. The lowest BCUT2D eigenvalue weighted by Gasteiger charge is -2.10. The summed E-state index contributed by atoms with van der Waals surface area (Å²) in [5.74, 6) is 1.01. The summed E-state index contributed by atoms with van der Waals surface area (Å²) >= 11 is 1.56. The van der Waals surface area contributed by atoms with Gasteiger partial charge in [-0.15, -0.1) is 11.3 Å². The quantitative estimate of drug-likeness (QED) is 0.844. The molecule has 1 heterocycles. The zero-order valence-electron chi connectivity index (χ0n) is 13.8. The fraction of sp³-hybridized carbons (Fsp3) is 0.333. The molecule has 1 aliphatic rings. The molecule has 2 aromatic rings. The third-order valence-electron chi connectivity index (χ3n) is 4.16. The van der Waals surface area contributed by atoms with E-state index in [2.05, 4.69) is 4.99 Å². The van der Waals surface area contributed by atoms with E-state index in [9.17, 15) is 4.79 Å². The van der Waals surface area contributed by atoms with Crippen molar-refractivity contribution < 1.29 is 14.3 Å². The summed E-state index contributed by atoms with van der Waals surface area (Å²) in [6.07, 6.45) is 5.85. The number of primary amides is 1. The van der Waals surface area contributed by atoms with Crippen LogP contribution in [0.5, 0.6) is 11.5 Å². The number of hydrogen-bond acceptors (Lipinski definition) is 5. The van der Waals surface area contributed by atoms with E-state index in [0.29, 0.717) is 16.3 Å². The van der Waals surface area contributed by atoms with Crippen molar-refractivity contribution in [1.29, 1.82) is 0 Å². The minimum Gasteiger partial charge on any atom is -0.497 e. The maximum absolute atomic E-state index is 11.9. The molecule has 0 saturated carbocycles. The van der Waals surface area contributed by atoms with Gasteiger partial charge in [0.1, 0.15) is 16.5 Å². The molecule has 126 valence electrons. The summed E-state index contributed by atoms with van der Waals surface area (Å²) < 4.78 is 10.6. The second-order valence-electron chi connectivity index (χ2n) is 5.62. The highest BCUT2D eigenvalue weighted by Gasteiger charge is 2.23. The molecule has 0 unspecified atom stereocenters. The first-order valence-corrected chi connectivity index (χ1v) is 8.66. The second kappa shape index (κ2) is 7.05. The topological polar surface area (TPSA) is 73.9 Å². The standard InChI is InChI=1S/C18H20N2O3S/c1-22-12-7-8-14(23-2)11(9-12)10-20-18-16(17(19)21)13-5-3-4-6-15(13)24-18/h7-10H,3-6H2,1-2H3,(H2,19,21). The summed E-state index contributed by atoms with van der Waals surface area (Å²) in [4.78, 5) is 17.7. The number of nitrogens with two attached hydrogens (primary N) is 1. The number of aryl methyl sites for hydroxylation is 1. The fourth-order valence-corrected chi connectivity index (χ4v) is 4.20.